The summed E-state index contributed by atoms with van der Waals surface area (Å²) in [6.07, 6.45) is 7.19. The van der Waals surface area contributed by atoms with Crippen molar-refractivity contribution in [3.8, 4) is 11.1 Å². The summed E-state index contributed by atoms with van der Waals surface area (Å²) in [6.45, 7) is 0.649. The highest BCUT2D eigenvalue weighted by Crippen LogP contribution is 2.32. The number of rotatable bonds is 4. The molecule has 3 aromatic rings. The summed E-state index contributed by atoms with van der Waals surface area (Å²) in [5, 5.41) is 4.22. The molecule has 1 aliphatic rings. The molecule has 126 valence electrons. The Labute approximate surface area is 146 Å². The predicted octanol–water partition coefficient (Wildman–Crippen LogP) is 2.24. The summed E-state index contributed by atoms with van der Waals surface area (Å²) in [6, 6.07) is 8.38. The molecule has 0 spiro atoms. The maximum Gasteiger partial charge on any atom is 0.132 e. The maximum atomic E-state index is 6.14. The lowest BCUT2D eigenvalue weighted by molar-refractivity contribution is 0.768. The number of hydrogen-bond acceptors (Lipinski definition) is 5. The van der Waals surface area contributed by atoms with E-state index in [1.165, 1.54) is 11.1 Å². The average molecular weight is 332 g/mol. The van der Waals surface area contributed by atoms with Crippen molar-refractivity contribution < 1.29 is 0 Å². The van der Waals surface area contributed by atoms with Crippen molar-refractivity contribution in [1.82, 2.24) is 14.8 Å². The van der Waals surface area contributed by atoms with Crippen LogP contribution >= 0.6 is 0 Å². The molecule has 0 radical (unpaired) electrons. The Hall–Kier alpha value is -2.99. The van der Waals surface area contributed by atoms with Gasteiger partial charge < -0.3 is 11.5 Å². The first-order valence-corrected chi connectivity index (χ1v) is 8.28. The van der Waals surface area contributed by atoms with Gasteiger partial charge in [0.05, 0.1) is 17.6 Å². The van der Waals surface area contributed by atoms with Crippen molar-refractivity contribution >= 4 is 17.2 Å². The number of aromatic nitrogens is 3. The summed E-state index contributed by atoms with van der Waals surface area (Å²) in [4.78, 5) is 9.13. The summed E-state index contributed by atoms with van der Waals surface area (Å²) in [5.74, 6) is 0.501. The van der Waals surface area contributed by atoms with Crippen LogP contribution in [-0.4, -0.2) is 27.0 Å². The molecule has 6 heteroatoms. The Morgan fingerprint density at radius 2 is 2.04 bits per heavy atom. The van der Waals surface area contributed by atoms with Gasteiger partial charge in [-0.3, -0.25) is 9.67 Å². The third-order valence-corrected chi connectivity index (χ3v) is 4.46. The van der Waals surface area contributed by atoms with Crippen molar-refractivity contribution in [2.75, 3.05) is 12.3 Å². The van der Waals surface area contributed by atoms with Gasteiger partial charge >= 0.3 is 0 Å². The third kappa shape index (κ3) is 2.92. The quantitative estimate of drug-likeness (QED) is 0.766. The van der Waals surface area contributed by atoms with Crippen LogP contribution in [0.4, 0.5) is 11.5 Å². The topological polar surface area (TPSA) is 95.1 Å². The molecule has 0 bridgehead atoms. The van der Waals surface area contributed by atoms with Crippen molar-refractivity contribution in [1.29, 1.82) is 0 Å². The minimum Gasteiger partial charge on any atom is -0.383 e. The van der Waals surface area contributed by atoms with Gasteiger partial charge in [0, 0.05) is 42.6 Å². The normalized spacial score (nSPS) is 13.0. The van der Waals surface area contributed by atoms with Crippen LogP contribution in [0.1, 0.15) is 16.7 Å². The molecule has 2 aromatic heterocycles. The molecule has 0 saturated carbocycles. The van der Waals surface area contributed by atoms with Crippen LogP contribution in [0.3, 0.4) is 0 Å². The van der Waals surface area contributed by atoms with E-state index in [1.807, 2.05) is 25.5 Å². The molecule has 25 heavy (non-hydrogen) atoms. The number of hydrogen-bond donors (Lipinski definition) is 2. The molecule has 6 nitrogen and oxygen atoms in total. The van der Waals surface area contributed by atoms with E-state index in [9.17, 15) is 0 Å². The highest BCUT2D eigenvalue weighted by Gasteiger charge is 2.19. The monoisotopic (exact) mass is 332 g/mol. The third-order valence-electron chi connectivity index (χ3n) is 4.46. The van der Waals surface area contributed by atoms with Crippen LogP contribution in [0.2, 0.25) is 0 Å². The number of anilines is 1. The van der Waals surface area contributed by atoms with E-state index < -0.39 is 0 Å². The highest BCUT2D eigenvalue weighted by atomic mass is 15.2. The van der Waals surface area contributed by atoms with E-state index in [0.29, 0.717) is 12.4 Å². The molecule has 0 fully saturated rings. The number of aryl methyl sites for hydroxylation is 1. The SMILES string of the molecule is Cn1cc(-c2cnc(N)c(C3=Nc4ccc(CCN)cc4C3)c2)cn1. The fraction of sp³-hybridized carbons (Fsp3) is 0.211. The smallest absolute Gasteiger partial charge is 0.132 e. The second kappa shape index (κ2) is 6.14. The minimum absolute atomic E-state index is 0.501. The van der Waals surface area contributed by atoms with Crippen molar-refractivity contribution in [2.45, 2.75) is 12.8 Å². The first-order valence-electron chi connectivity index (χ1n) is 8.28. The Bertz CT molecular complexity index is 970. The number of pyridine rings is 1. The second-order valence-corrected chi connectivity index (χ2v) is 6.30. The lowest BCUT2D eigenvalue weighted by atomic mass is 10.0. The van der Waals surface area contributed by atoms with E-state index >= 15 is 0 Å². The molecule has 4 rings (SSSR count). The van der Waals surface area contributed by atoms with Crippen LogP contribution in [0.15, 0.2) is 47.8 Å². The van der Waals surface area contributed by atoms with Gasteiger partial charge in [0.15, 0.2) is 0 Å². The summed E-state index contributed by atoms with van der Waals surface area (Å²) in [7, 11) is 1.89. The molecule has 0 saturated heterocycles. The number of nitrogen functional groups attached to an aromatic ring is 1. The molecule has 0 unspecified atom stereocenters. The van der Waals surface area contributed by atoms with Crippen LogP contribution < -0.4 is 11.5 Å². The largest absolute Gasteiger partial charge is 0.383 e. The zero-order valence-electron chi connectivity index (χ0n) is 14.1. The lowest BCUT2D eigenvalue weighted by Crippen LogP contribution is -2.07. The van der Waals surface area contributed by atoms with Gasteiger partial charge in [0.1, 0.15) is 5.82 Å². The predicted molar refractivity (Wildman–Crippen MR) is 100.0 cm³/mol. The molecule has 0 atom stereocenters. The van der Waals surface area contributed by atoms with Gasteiger partial charge in [0.2, 0.25) is 0 Å². The Morgan fingerprint density at radius 3 is 2.80 bits per heavy atom. The van der Waals surface area contributed by atoms with Crippen LogP contribution in [0.25, 0.3) is 11.1 Å². The molecular weight excluding hydrogens is 312 g/mol. The number of benzene rings is 1. The van der Waals surface area contributed by atoms with Gasteiger partial charge in [-0.2, -0.15) is 5.10 Å². The highest BCUT2D eigenvalue weighted by molar-refractivity contribution is 6.09. The summed E-state index contributed by atoms with van der Waals surface area (Å²) in [5.41, 5.74) is 19.1. The van der Waals surface area contributed by atoms with E-state index in [-0.39, 0.29) is 0 Å². The van der Waals surface area contributed by atoms with Crippen LogP contribution in [-0.2, 0) is 19.9 Å². The van der Waals surface area contributed by atoms with Gasteiger partial charge in [-0.1, -0.05) is 12.1 Å². The molecular formula is C19H20N6. The molecule has 3 heterocycles. The molecule has 1 aromatic carbocycles. The number of nitrogens with two attached hydrogens (primary N) is 2. The van der Waals surface area contributed by atoms with Gasteiger partial charge in [0.25, 0.3) is 0 Å². The van der Waals surface area contributed by atoms with Crippen LogP contribution in [0, 0.1) is 0 Å². The average Bonchev–Trinajstić information content (AvgIpc) is 3.21. The fourth-order valence-corrected chi connectivity index (χ4v) is 3.17. The van der Waals surface area contributed by atoms with Gasteiger partial charge in [-0.25, -0.2) is 4.98 Å². The zero-order valence-corrected chi connectivity index (χ0v) is 14.1. The van der Waals surface area contributed by atoms with E-state index in [2.05, 4.69) is 28.3 Å². The van der Waals surface area contributed by atoms with Crippen molar-refractivity contribution in [3.63, 3.8) is 0 Å². The maximum absolute atomic E-state index is 6.14. The van der Waals surface area contributed by atoms with Crippen LogP contribution in [0.5, 0.6) is 0 Å². The van der Waals surface area contributed by atoms with E-state index in [0.717, 1.165) is 40.9 Å². The fourth-order valence-electron chi connectivity index (χ4n) is 3.17. The standard InChI is InChI=1S/C19H20N6/c1-25-11-15(10-23-25)14-7-16(19(21)22-9-14)18-8-13-6-12(4-5-20)2-3-17(13)24-18/h2-3,6-7,9-11H,4-5,8,20H2,1H3,(H2,21,22). The summed E-state index contributed by atoms with van der Waals surface area (Å²) >= 11 is 0. The second-order valence-electron chi connectivity index (χ2n) is 6.30. The van der Waals surface area contributed by atoms with Crippen molar-refractivity contribution in [3.05, 3.63) is 59.5 Å². The van der Waals surface area contributed by atoms with Gasteiger partial charge in [-0.15, -0.1) is 0 Å². The number of aliphatic imine (C=N–C) groups is 1. The van der Waals surface area contributed by atoms with Gasteiger partial charge in [-0.05, 0) is 36.2 Å². The Morgan fingerprint density at radius 1 is 1.16 bits per heavy atom. The molecule has 1 aliphatic heterocycles. The molecule has 0 aliphatic carbocycles. The van der Waals surface area contributed by atoms with E-state index in [4.69, 9.17) is 16.5 Å². The molecule has 4 N–H and O–H groups in total. The molecule has 0 amide bonds. The number of nitrogens with zero attached hydrogens (tertiary/aromatic N) is 4. The lowest BCUT2D eigenvalue weighted by Gasteiger charge is -2.07. The number of fused-ring (bicyclic) bond motifs is 1. The van der Waals surface area contributed by atoms with Crippen molar-refractivity contribution in [2.24, 2.45) is 17.8 Å². The van der Waals surface area contributed by atoms with E-state index in [1.54, 1.807) is 10.9 Å². The minimum atomic E-state index is 0.501. The Kier molecular flexibility index (Phi) is 3.82. The Balaban J connectivity index is 1.68. The zero-order chi connectivity index (χ0) is 17.4. The first kappa shape index (κ1) is 15.5. The first-order chi connectivity index (χ1) is 12.1. The summed E-state index contributed by atoms with van der Waals surface area (Å²) < 4.78 is 1.77.